The van der Waals surface area contributed by atoms with E-state index in [0.29, 0.717) is 0 Å². The van der Waals surface area contributed by atoms with E-state index in [2.05, 4.69) is 57.3 Å². The molecule has 0 aromatic carbocycles. The summed E-state index contributed by atoms with van der Waals surface area (Å²) in [7, 11) is 1.91. The first-order valence-electron chi connectivity index (χ1n) is 5.51. The standard InChI is InChI=1S/C14H23N/c1-6-8-13(4)14(9-10-15-5)11-12(3)7-2/h7-11,15H,6H2,1-5H3/b10-9-,12-7-,13-8-,14-11-. The number of hydrogen-bond acceptors (Lipinski definition) is 1. The molecule has 0 bridgehead atoms. The Morgan fingerprint density at radius 2 is 1.93 bits per heavy atom. The van der Waals surface area contributed by atoms with Crippen LogP contribution in [0.4, 0.5) is 0 Å². The first kappa shape index (κ1) is 13.8. The van der Waals surface area contributed by atoms with Crippen LogP contribution in [0.3, 0.4) is 0 Å². The molecule has 0 saturated heterocycles. The molecule has 0 radical (unpaired) electrons. The second-order valence-corrected chi connectivity index (χ2v) is 3.55. The molecule has 1 nitrogen and oxygen atoms in total. The molecule has 0 aromatic heterocycles. The molecule has 0 amide bonds. The lowest BCUT2D eigenvalue weighted by Gasteiger charge is -2.03. The van der Waals surface area contributed by atoms with Gasteiger partial charge in [-0.15, -0.1) is 0 Å². The van der Waals surface area contributed by atoms with Crippen molar-refractivity contribution in [3.8, 4) is 0 Å². The van der Waals surface area contributed by atoms with Gasteiger partial charge in [0.2, 0.25) is 0 Å². The van der Waals surface area contributed by atoms with Gasteiger partial charge in [-0.2, -0.15) is 0 Å². The van der Waals surface area contributed by atoms with E-state index in [1.807, 2.05) is 13.2 Å². The van der Waals surface area contributed by atoms with Crippen molar-refractivity contribution in [2.75, 3.05) is 7.05 Å². The van der Waals surface area contributed by atoms with Gasteiger partial charge in [0.15, 0.2) is 0 Å². The van der Waals surface area contributed by atoms with Crippen LogP contribution >= 0.6 is 0 Å². The van der Waals surface area contributed by atoms with Crippen molar-refractivity contribution in [1.82, 2.24) is 5.32 Å². The second kappa shape index (κ2) is 8.10. The van der Waals surface area contributed by atoms with Gasteiger partial charge in [-0.1, -0.05) is 30.7 Å². The van der Waals surface area contributed by atoms with Crippen LogP contribution < -0.4 is 5.32 Å². The Labute approximate surface area is 94.3 Å². The zero-order chi connectivity index (χ0) is 11.7. The first-order chi connectivity index (χ1) is 7.15. The summed E-state index contributed by atoms with van der Waals surface area (Å²) in [6.07, 6.45) is 11.7. The SMILES string of the molecule is C\C=C(C)/C=C(/C=C\NC)C(\C)=C/CC. The lowest BCUT2D eigenvalue weighted by Crippen LogP contribution is -1.93. The molecule has 0 unspecified atom stereocenters. The molecule has 0 spiro atoms. The molecule has 0 heterocycles. The minimum atomic E-state index is 1.07. The number of hydrogen-bond donors (Lipinski definition) is 1. The average Bonchev–Trinajstić information content (AvgIpc) is 2.24. The van der Waals surface area contributed by atoms with Crippen LogP contribution in [0.1, 0.15) is 34.1 Å². The van der Waals surface area contributed by atoms with Gasteiger partial charge in [-0.25, -0.2) is 0 Å². The smallest absolute Gasteiger partial charge is 0.00277 e. The highest BCUT2D eigenvalue weighted by atomic mass is 14.8. The summed E-state index contributed by atoms with van der Waals surface area (Å²) < 4.78 is 0. The van der Waals surface area contributed by atoms with E-state index in [4.69, 9.17) is 0 Å². The average molecular weight is 205 g/mol. The molecule has 84 valence electrons. The van der Waals surface area contributed by atoms with Crippen molar-refractivity contribution in [3.63, 3.8) is 0 Å². The summed E-state index contributed by atoms with van der Waals surface area (Å²) in [5.41, 5.74) is 3.88. The van der Waals surface area contributed by atoms with E-state index in [9.17, 15) is 0 Å². The quantitative estimate of drug-likeness (QED) is 0.670. The van der Waals surface area contributed by atoms with E-state index in [1.54, 1.807) is 0 Å². The van der Waals surface area contributed by atoms with Crippen LogP contribution in [0.5, 0.6) is 0 Å². The van der Waals surface area contributed by atoms with Crippen LogP contribution in [0.25, 0.3) is 0 Å². The highest BCUT2D eigenvalue weighted by molar-refractivity contribution is 5.42. The van der Waals surface area contributed by atoms with Crippen LogP contribution in [-0.4, -0.2) is 7.05 Å². The Morgan fingerprint density at radius 1 is 1.27 bits per heavy atom. The maximum Gasteiger partial charge on any atom is 0.00277 e. The Kier molecular flexibility index (Phi) is 7.43. The fourth-order valence-corrected chi connectivity index (χ4v) is 1.22. The van der Waals surface area contributed by atoms with Crippen molar-refractivity contribution in [2.45, 2.75) is 34.1 Å². The zero-order valence-electron chi connectivity index (χ0n) is 10.6. The Balaban J connectivity index is 4.97. The lowest BCUT2D eigenvalue weighted by atomic mass is 10.0. The molecule has 0 aliphatic heterocycles. The van der Waals surface area contributed by atoms with E-state index < -0.39 is 0 Å². The Morgan fingerprint density at radius 3 is 2.40 bits per heavy atom. The monoisotopic (exact) mass is 205 g/mol. The van der Waals surface area contributed by atoms with Gasteiger partial charge in [0.25, 0.3) is 0 Å². The van der Waals surface area contributed by atoms with Crippen molar-refractivity contribution in [3.05, 3.63) is 47.2 Å². The summed E-state index contributed by atoms with van der Waals surface area (Å²) in [5, 5.41) is 3.02. The second-order valence-electron chi connectivity index (χ2n) is 3.55. The van der Waals surface area contributed by atoms with E-state index in [0.717, 1.165) is 6.42 Å². The van der Waals surface area contributed by atoms with Gasteiger partial charge in [0.05, 0.1) is 0 Å². The fourth-order valence-electron chi connectivity index (χ4n) is 1.22. The van der Waals surface area contributed by atoms with E-state index in [1.165, 1.54) is 16.7 Å². The summed E-state index contributed by atoms with van der Waals surface area (Å²) in [4.78, 5) is 0. The van der Waals surface area contributed by atoms with Crippen molar-refractivity contribution in [2.24, 2.45) is 0 Å². The molecule has 0 rings (SSSR count). The lowest BCUT2D eigenvalue weighted by molar-refractivity contribution is 1.10. The highest BCUT2D eigenvalue weighted by Crippen LogP contribution is 2.14. The first-order valence-corrected chi connectivity index (χ1v) is 5.51. The molecule has 0 fully saturated rings. The predicted molar refractivity (Wildman–Crippen MR) is 69.8 cm³/mol. The largest absolute Gasteiger partial charge is 0.394 e. The number of nitrogens with one attached hydrogen (secondary N) is 1. The molecule has 0 saturated carbocycles. The molecule has 0 aromatic rings. The summed E-state index contributed by atoms with van der Waals surface area (Å²) in [6.45, 7) is 8.49. The molecule has 0 atom stereocenters. The number of allylic oxidation sites excluding steroid dienone is 7. The van der Waals surface area contributed by atoms with Crippen molar-refractivity contribution < 1.29 is 0 Å². The van der Waals surface area contributed by atoms with Gasteiger partial charge >= 0.3 is 0 Å². The van der Waals surface area contributed by atoms with E-state index >= 15 is 0 Å². The molecular formula is C14H23N. The Bertz CT molecular complexity index is 290. The van der Waals surface area contributed by atoms with Gasteiger partial charge < -0.3 is 5.32 Å². The minimum absolute atomic E-state index is 1.07. The normalized spacial score (nSPS) is 14.9. The molecule has 15 heavy (non-hydrogen) atoms. The fraction of sp³-hybridized carbons (Fsp3) is 0.429. The molecule has 1 N–H and O–H groups in total. The summed E-state index contributed by atoms with van der Waals surface area (Å²) in [6, 6.07) is 0. The third-order valence-electron chi connectivity index (χ3n) is 2.23. The van der Waals surface area contributed by atoms with E-state index in [-0.39, 0.29) is 0 Å². The summed E-state index contributed by atoms with van der Waals surface area (Å²) in [5.74, 6) is 0. The zero-order valence-corrected chi connectivity index (χ0v) is 10.6. The van der Waals surface area contributed by atoms with Crippen molar-refractivity contribution >= 4 is 0 Å². The minimum Gasteiger partial charge on any atom is -0.394 e. The third kappa shape index (κ3) is 5.95. The Hall–Kier alpha value is -1.24. The van der Waals surface area contributed by atoms with Crippen LogP contribution in [0.15, 0.2) is 47.2 Å². The maximum atomic E-state index is 3.02. The van der Waals surface area contributed by atoms with Crippen molar-refractivity contribution in [1.29, 1.82) is 0 Å². The molecular weight excluding hydrogens is 182 g/mol. The topological polar surface area (TPSA) is 12.0 Å². The third-order valence-corrected chi connectivity index (χ3v) is 2.23. The van der Waals surface area contributed by atoms with Crippen LogP contribution in [0.2, 0.25) is 0 Å². The maximum absolute atomic E-state index is 3.02. The van der Waals surface area contributed by atoms with Gasteiger partial charge in [0.1, 0.15) is 0 Å². The van der Waals surface area contributed by atoms with Crippen LogP contribution in [0, 0.1) is 0 Å². The van der Waals surface area contributed by atoms with Gasteiger partial charge in [-0.3, -0.25) is 0 Å². The van der Waals surface area contributed by atoms with Crippen LogP contribution in [-0.2, 0) is 0 Å². The number of rotatable bonds is 5. The van der Waals surface area contributed by atoms with Gasteiger partial charge in [-0.05, 0) is 50.6 Å². The molecule has 1 heteroatoms. The summed E-state index contributed by atoms with van der Waals surface area (Å²) >= 11 is 0. The van der Waals surface area contributed by atoms with Gasteiger partial charge in [0, 0.05) is 7.05 Å². The highest BCUT2D eigenvalue weighted by Gasteiger charge is 1.95. The molecule has 0 aliphatic rings. The molecule has 0 aliphatic carbocycles. The predicted octanol–water partition coefficient (Wildman–Crippen LogP) is 3.97.